The summed E-state index contributed by atoms with van der Waals surface area (Å²) in [6.45, 7) is 0.148. The molecular formula is C18H17NO3S. The van der Waals surface area contributed by atoms with Crippen LogP contribution in [0.15, 0.2) is 65.7 Å². The van der Waals surface area contributed by atoms with E-state index in [1.807, 2.05) is 24.3 Å². The second-order valence-corrected chi connectivity index (χ2v) is 7.82. The SMILES string of the molecule is O=S(=O)(c1ccccc1)n1cc([C@H]2C[C@H]2CO)c2ccccc21. The van der Waals surface area contributed by atoms with Gasteiger partial charge in [0.25, 0.3) is 10.0 Å². The summed E-state index contributed by atoms with van der Waals surface area (Å²) in [6, 6.07) is 16.0. The van der Waals surface area contributed by atoms with Crippen LogP contribution in [-0.2, 0) is 10.0 Å². The molecule has 0 saturated heterocycles. The van der Waals surface area contributed by atoms with E-state index >= 15 is 0 Å². The fourth-order valence-corrected chi connectivity index (χ4v) is 4.60. The van der Waals surface area contributed by atoms with E-state index in [1.165, 1.54) is 3.97 Å². The van der Waals surface area contributed by atoms with Gasteiger partial charge in [0.2, 0.25) is 0 Å². The minimum Gasteiger partial charge on any atom is -0.396 e. The largest absolute Gasteiger partial charge is 0.396 e. The Morgan fingerprint density at radius 1 is 1.04 bits per heavy atom. The second kappa shape index (κ2) is 5.22. The summed E-state index contributed by atoms with van der Waals surface area (Å²) in [5.74, 6) is 0.491. The van der Waals surface area contributed by atoms with E-state index in [2.05, 4.69) is 0 Å². The van der Waals surface area contributed by atoms with Crippen molar-refractivity contribution in [2.75, 3.05) is 6.61 Å². The minimum atomic E-state index is -3.62. The predicted molar refractivity (Wildman–Crippen MR) is 88.9 cm³/mol. The Labute approximate surface area is 135 Å². The molecule has 0 unspecified atom stereocenters. The van der Waals surface area contributed by atoms with E-state index in [9.17, 15) is 13.5 Å². The highest BCUT2D eigenvalue weighted by atomic mass is 32.2. The smallest absolute Gasteiger partial charge is 0.268 e. The van der Waals surface area contributed by atoms with Gasteiger partial charge in [0.15, 0.2) is 0 Å². The molecule has 1 aromatic heterocycles. The molecule has 1 fully saturated rings. The Morgan fingerprint density at radius 2 is 1.74 bits per heavy atom. The third-order valence-corrected chi connectivity index (χ3v) is 6.25. The molecule has 2 atom stereocenters. The fraction of sp³-hybridized carbons (Fsp3) is 0.222. The first-order valence-corrected chi connectivity index (χ1v) is 9.08. The zero-order valence-corrected chi connectivity index (χ0v) is 13.3. The van der Waals surface area contributed by atoms with Crippen molar-refractivity contribution < 1.29 is 13.5 Å². The first-order valence-electron chi connectivity index (χ1n) is 7.64. The lowest BCUT2D eigenvalue weighted by Gasteiger charge is -2.07. The fourth-order valence-electron chi connectivity index (χ4n) is 3.21. The summed E-state index contributed by atoms with van der Waals surface area (Å²) < 4.78 is 27.3. The molecule has 5 heteroatoms. The van der Waals surface area contributed by atoms with Gasteiger partial charge in [0.05, 0.1) is 10.4 Å². The number of hydrogen-bond donors (Lipinski definition) is 1. The van der Waals surface area contributed by atoms with Crippen LogP contribution in [0.1, 0.15) is 17.9 Å². The molecule has 3 aromatic rings. The van der Waals surface area contributed by atoms with Gasteiger partial charge in [-0.05, 0) is 42.0 Å². The number of aliphatic hydroxyl groups is 1. The molecular weight excluding hydrogens is 310 g/mol. The standard InChI is InChI=1S/C18H17NO3S/c20-12-13-10-16(13)17-11-19(18-9-5-4-8-15(17)18)23(21,22)14-6-2-1-3-7-14/h1-9,11,13,16,20H,10,12H2/t13-,16-/m0/s1. The number of aliphatic hydroxyl groups excluding tert-OH is 1. The molecule has 1 heterocycles. The van der Waals surface area contributed by atoms with Crippen LogP contribution in [0.2, 0.25) is 0 Å². The van der Waals surface area contributed by atoms with E-state index < -0.39 is 10.0 Å². The Bertz CT molecular complexity index is 960. The molecule has 4 rings (SSSR count). The molecule has 0 bridgehead atoms. The first kappa shape index (κ1) is 14.5. The molecule has 118 valence electrons. The summed E-state index contributed by atoms with van der Waals surface area (Å²) >= 11 is 0. The van der Waals surface area contributed by atoms with Crippen LogP contribution in [0.25, 0.3) is 10.9 Å². The van der Waals surface area contributed by atoms with Crippen LogP contribution >= 0.6 is 0 Å². The zero-order valence-electron chi connectivity index (χ0n) is 12.5. The second-order valence-electron chi connectivity index (χ2n) is 6.00. The number of para-hydroxylation sites is 1. The Hall–Kier alpha value is -2.11. The van der Waals surface area contributed by atoms with Gasteiger partial charge in [-0.25, -0.2) is 12.4 Å². The van der Waals surface area contributed by atoms with E-state index in [4.69, 9.17) is 0 Å². The third kappa shape index (κ3) is 2.28. The van der Waals surface area contributed by atoms with E-state index in [-0.39, 0.29) is 23.3 Å². The summed E-state index contributed by atoms with van der Waals surface area (Å²) in [4.78, 5) is 0.279. The lowest BCUT2D eigenvalue weighted by Crippen LogP contribution is -2.11. The van der Waals surface area contributed by atoms with E-state index in [0.29, 0.717) is 5.52 Å². The van der Waals surface area contributed by atoms with Gasteiger partial charge in [0.1, 0.15) is 0 Å². The van der Waals surface area contributed by atoms with Crippen molar-refractivity contribution >= 4 is 20.9 Å². The first-order chi connectivity index (χ1) is 11.1. The predicted octanol–water partition coefficient (Wildman–Crippen LogP) is 2.97. The number of fused-ring (bicyclic) bond motifs is 1. The molecule has 0 amide bonds. The van der Waals surface area contributed by atoms with Crippen molar-refractivity contribution in [1.82, 2.24) is 3.97 Å². The molecule has 0 radical (unpaired) electrons. The lowest BCUT2D eigenvalue weighted by atomic mass is 10.1. The molecule has 1 aliphatic carbocycles. The van der Waals surface area contributed by atoms with Gasteiger partial charge in [-0.15, -0.1) is 0 Å². The van der Waals surface area contributed by atoms with Crippen LogP contribution in [0.5, 0.6) is 0 Å². The van der Waals surface area contributed by atoms with Crippen molar-refractivity contribution in [2.45, 2.75) is 17.2 Å². The van der Waals surface area contributed by atoms with Gasteiger partial charge >= 0.3 is 0 Å². The summed E-state index contributed by atoms with van der Waals surface area (Å²) in [5, 5.41) is 10.3. The number of benzene rings is 2. The summed E-state index contributed by atoms with van der Waals surface area (Å²) in [5.41, 5.74) is 1.70. The van der Waals surface area contributed by atoms with Crippen molar-refractivity contribution in [3.63, 3.8) is 0 Å². The average molecular weight is 327 g/mol. The maximum absolute atomic E-state index is 13.0. The number of nitrogens with zero attached hydrogens (tertiary/aromatic N) is 1. The maximum atomic E-state index is 13.0. The van der Waals surface area contributed by atoms with Crippen molar-refractivity contribution in [3.05, 3.63) is 66.4 Å². The van der Waals surface area contributed by atoms with Crippen LogP contribution < -0.4 is 0 Å². The van der Waals surface area contributed by atoms with Crippen molar-refractivity contribution in [1.29, 1.82) is 0 Å². The Kier molecular flexibility index (Phi) is 3.28. The Balaban J connectivity index is 1.92. The topological polar surface area (TPSA) is 59.3 Å². The molecule has 4 nitrogen and oxygen atoms in total. The highest BCUT2D eigenvalue weighted by Crippen LogP contribution is 2.49. The van der Waals surface area contributed by atoms with Gasteiger partial charge in [-0.3, -0.25) is 0 Å². The van der Waals surface area contributed by atoms with Gasteiger partial charge in [-0.1, -0.05) is 36.4 Å². The van der Waals surface area contributed by atoms with E-state index in [0.717, 1.165) is 17.4 Å². The van der Waals surface area contributed by atoms with Gasteiger partial charge in [0, 0.05) is 18.2 Å². The molecule has 0 aliphatic heterocycles. The lowest BCUT2D eigenvalue weighted by molar-refractivity contribution is 0.274. The molecule has 1 N–H and O–H groups in total. The van der Waals surface area contributed by atoms with Crippen molar-refractivity contribution in [3.8, 4) is 0 Å². The average Bonchev–Trinajstić information content (AvgIpc) is 3.27. The van der Waals surface area contributed by atoms with E-state index in [1.54, 1.807) is 36.5 Å². The highest BCUT2D eigenvalue weighted by Gasteiger charge is 2.40. The normalized spacial score (nSPS) is 20.7. The van der Waals surface area contributed by atoms with Crippen molar-refractivity contribution in [2.24, 2.45) is 5.92 Å². The zero-order chi connectivity index (χ0) is 16.0. The monoisotopic (exact) mass is 327 g/mol. The van der Waals surface area contributed by atoms with Crippen LogP contribution in [-0.4, -0.2) is 24.1 Å². The minimum absolute atomic E-state index is 0.148. The van der Waals surface area contributed by atoms with Crippen LogP contribution in [0.4, 0.5) is 0 Å². The maximum Gasteiger partial charge on any atom is 0.268 e. The number of hydrogen-bond acceptors (Lipinski definition) is 3. The molecule has 0 spiro atoms. The molecule has 1 saturated carbocycles. The summed E-state index contributed by atoms with van der Waals surface area (Å²) in [6.07, 6.45) is 2.64. The summed E-state index contributed by atoms with van der Waals surface area (Å²) in [7, 11) is -3.62. The van der Waals surface area contributed by atoms with Crippen LogP contribution in [0, 0.1) is 5.92 Å². The number of aromatic nitrogens is 1. The molecule has 2 aromatic carbocycles. The van der Waals surface area contributed by atoms with Crippen LogP contribution in [0.3, 0.4) is 0 Å². The molecule has 1 aliphatic rings. The quantitative estimate of drug-likeness (QED) is 0.801. The highest BCUT2D eigenvalue weighted by molar-refractivity contribution is 7.90. The molecule has 23 heavy (non-hydrogen) atoms. The van der Waals surface area contributed by atoms with Gasteiger partial charge < -0.3 is 5.11 Å². The van der Waals surface area contributed by atoms with Gasteiger partial charge in [-0.2, -0.15) is 0 Å². The third-order valence-electron chi connectivity index (χ3n) is 4.57. The Morgan fingerprint density at radius 3 is 2.43 bits per heavy atom. The number of rotatable bonds is 4.